The summed E-state index contributed by atoms with van der Waals surface area (Å²) in [6.07, 6.45) is 2.61. The van der Waals surface area contributed by atoms with Crippen LogP contribution >= 0.6 is 34.8 Å². The third-order valence-electron chi connectivity index (χ3n) is 9.69. The monoisotopic (exact) mass is 842 g/mol. The quantitative estimate of drug-likeness (QED) is 0.167. The van der Waals surface area contributed by atoms with Crippen molar-refractivity contribution in [1.82, 2.24) is 38.7 Å². The molecule has 14 heteroatoms. The summed E-state index contributed by atoms with van der Waals surface area (Å²) in [6.45, 7) is 0. The molecular formula is C45H28Cl3F3N8. The minimum Gasteiger partial charge on any atom is -0.299 e. The Kier molecular flexibility index (Phi) is 10.0. The number of hydrogen-bond donors (Lipinski definition) is 0. The van der Waals surface area contributed by atoms with Crippen LogP contribution in [0.1, 0.15) is 5.56 Å². The summed E-state index contributed by atoms with van der Waals surface area (Å²) < 4.78 is 46.2. The third-order valence-corrected chi connectivity index (χ3v) is 10.4. The predicted octanol–water partition coefficient (Wildman–Crippen LogP) is 12.7. The third kappa shape index (κ3) is 7.71. The molecule has 10 rings (SSSR count). The van der Waals surface area contributed by atoms with Crippen molar-refractivity contribution >= 4 is 56.9 Å². The van der Waals surface area contributed by atoms with E-state index in [1.807, 2.05) is 125 Å². The van der Waals surface area contributed by atoms with Gasteiger partial charge in [-0.2, -0.15) is 23.4 Å². The Morgan fingerprint density at radius 3 is 1.19 bits per heavy atom. The number of benzene rings is 6. The van der Waals surface area contributed by atoms with Gasteiger partial charge >= 0.3 is 6.18 Å². The Bertz CT molecular complexity index is 3060. The summed E-state index contributed by atoms with van der Waals surface area (Å²) in [5.41, 5.74) is 10.0. The van der Waals surface area contributed by atoms with Crippen molar-refractivity contribution in [2.45, 2.75) is 6.18 Å². The Labute approximate surface area is 349 Å². The van der Waals surface area contributed by atoms with Crippen LogP contribution < -0.4 is 0 Å². The summed E-state index contributed by atoms with van der Waals surface area (Å²) in [7, 11) is 0. The molecule has 0 fully saturated rings. The maximum Gasteiger partial charge on any atom is 0.416 e. The number of aromatic nitrogens is 8. The molecule has 0 bridgehead atoms. The van der Waals surface area contributed by atoms with Gasteiger partial charge in [0.05, 0.1) is 62.8 Å². The van der Waals surface area contributed by atoms with Crippen molar-refractivity contribution < 1.29 is 13.2 Å². The zero-order chi connectivity index (χ0) is 40.7. The number of alkyl halides is 3. The highest BCUT2D eigenvalue weighted by molar-refractivity contribution is 6.31. The van der Waals surface area contributed by atoms with Crippen molar-refractivity contribution in [2.24, 2.45) is 0 Å². The zero-order valence-electron chi connectivity index (χ0n) is 30.5. The van der Waals surface area contributed by atoms with Gasteiger partial charge in [-0.15, -0.1) is 0 Å². The lowest BCUT2D eigenvalue weighted by atomic mass is 10.1. The van der Waals surface area contributed by atoms with Gasteiger partial charge in [-0.25, -0.2) is 19.3 Å². The first-order valence-electron chi connectivity index (χ1n) is 18.1. The van der Waals surface area contributed by atoms with Crippen LogP contribution in [-0.2, 0) is 6.18 Å². The van der Waals surface area contributed by atoms with Crippen LogP contribution in [0, 0.1) is 0 Å². The average molecular weight is 844 g/mol. The molecule has 0 aliphatic carbocycles. The van der Waals surface area contributed by atoms with E-state index < -0.39 is 11.7 Å². The predicted molar refractivity (Wildman–Crippen MR) is 227 cm³/mol. The first-order chi connectivity index (χ1) is 28.6. The van der Waals surface area contributed by atoms with E-state index in [4.69, 9.17) is 34.8 Å². The number of imidazole rings is 2. The van der Waals surface area contributed by atoms with Gasteiger partial charge in [-0.1, -0.05) is 46.9 Å². The molecule has 59 heavy (non-hydrogen) atoms. The Balaban J connectivity index is 0.000000153. The van der Waals surface area contributed by atoms with E-state index in [9.17, 15) is 13.2 Å². The molecule has 0 unspecified atom stereocenters. The normalized spacial score (nSPS) is 11.6. The molecule has 10 aromatic rings. The fraction of sp³-hybridized carbons (Fsp3) is 0.0222. The van der Waals surface area contributed by atoms with E-state index in [0.717, 1.165) is 73.8 Å². The lowest BCUT2D eigenvalue weighted by Crippen LogP contribution is -2.05. The summed E-state index contributed by atoms with van der Waals surface area (Å²) in [5.74, 6) is 0. The van der Waals surface area contributed by atoms with Crippen LogP contribution in [-0.4, -0.2) is 38.7 Å². The molecule has 0 N–H and O–H groups in total. The zero-order valence-corrected chi connectivity index (χ0v) is 32.8. The highest BCUT2D eigenvalue weighted by Gasteiger charge is 2.30. The molecule has 4 aromatic heterocycles. The van der Waals surface area contributed by atoms with Gasteiger partial charge in [0.1, 0.15) is 12.7 Å². The van der Waals surface area contributed by atoms with Crippen LogP contribution in [0.4, 0.5) is 13.2 Å². The molecule has 290 valence electrons. The van der Waals surface area contributed by atoms with Crippen molar-refractivity contribution in [3.63, 3.8) is 0 Å². The number of nitrogens with zero attached hydrogens (tertiary/aromatic N) is 8. The summed E-state index contributed by atoms with van der Waals surface area (Å²) in [5, 5.41) is 10.9. The summed E-state index contributed by atoms with van der Waals surface area (Å²) >= 11 is 18.0. The fourth-order valence-corrected chi connectivity index (χ4v) is 7.16. The summed E-state index contributed by atoms with van der Waals surface area (Å²) in [4.78, 5) is 8.98. The van der Waals surface area contributed by atoms with Gasteiger partial charge < -0.3 is 0 Å². The van der Waals surface area contributed by atoms with Crippen LogP contribution in [0.25, 0.3) is 67.3 Å². The standard InChI is InChI=1S/C23H14ClF3N4.C22H14Cl2N4/c24-17-4-8-18(9-5-17)30-14-28-20-10-1-15(13-22(20)30)21-11-12-29-31(21)19-6-2-16(3-7-19)23(25,26)27;23-16-2-6-18(7-3-16)27-14-25-20-10-1-15(13-22(20)27)21-11-12-26-28(21)19-8-4-17(24)5-9-19/h1-14H;1-14H. The second-order valence-electron chi connectivity index (χ2n) is 13.4. The number of fused-ring (bicyclic) bond motifs is 2. The maximum absolute atomic E-state index is 12.9. The fourth-order valence-electron chi connectivity index (χ4n) is 6.78. The molecule has 0 aliphatic heterocycles. The molecule has 0 amide bonds. The van der Waals surface area contributed by atoms with Gasteiger partial charge in [-0.3, -0.25) is 9.13 Å². The lowest BCUT2D eigenvalue weighted by molar-refractivity contribution is -0.137. The number of halogens is 6. The summed E-state index contributed by atoms with van der Waals surface area (Å²) in [6, 6.07) is 43.5. The molecule has 6 aromatic carbocycles. The van der Waals surface area contributed by atoms with Crippen molar-refractivity contribution in [3.8, 4) is 45.3 Å². The van der Waals surface area contributed by atoms with Crippen LogP contribution in [0.5, 0.6) is 0 Å². The lowest BCUT2D eigenvalue weighted by Gasteiger charge is -2.11. The highest BCUT2D eigenvalue weighted by atomic mass is 35.5. The van der Waals surface area contributed by atoms with Gasteiger partial charge in [0.15, 0.2) is 0 Å². The highest BCUT2D eigenvalue weighted by Crippen LogP contribution is 2.32. The van der Waals surface area contributed by atoms with Crippen molar-refractivity contribution in [1.29, 1.82) is 0 Å². The molecular weight excluding hydrogens is 816 g/mol. The molecule has 0 spiro atoms. The minimum atomic E-state index is -4.38. The molecule has 0 saturated heterocycles. The first kappa shape index (κ1) is 37.9. The topological polar surface area (TPSA) is 71.3 Å². The van der Waals surface area contributed by atoms with Crippen molar-refractivity contribution in [2.75, 3.05) is 0 Å². The van der Waals surface area contributed by atoms with E-state index in [-0.39, 0.29) is 0 Å². The van der Waals surface area contributed by atoms with Crippen LogP contribution in [0.2, 0.25) is 15.1 Å². The molecule has 4 heterocycles. The van der Waals surface area contributed by atoms with E-state index in [1.54, 1.807) is 23.4 Å². The second-order valence-corrected chi connectivity index (χ2v) is 14.7. The van der Waals surface area contributed by atoms with E-state index in [0.29, 0.717) is 20.8 Å². The van der Waals surface area contributed by atoms with E-state index in [1.165, 1.54) is 12.1 Å². The maximum atomic E-state index is 12.9. The Hall–Kier alpha value is -6.66. The minimum absolute atomic E-state index is 0.541. The van der Waals surface area contributed by atoms with Gasteiger partial charge in [0.25, 0.3) is 0 Å². The largest absolute Gasteiger partial charge is 0.416 e. The van der Waals surface area contributed by atoms with Crippen molar-refractivity contribution in [3.05, 3.63) is 191 Å². The molecule has 0 aliphatic rings. The smallest absolute Gasteiger partial charge is 0.299 e. The second kappa shape index (κ2) is 15.6. The molecule has 0 atom stereocenters. The molecule has 8 nitrogen and oxygen atoms in total. The number of rotatable bonds is 6. The SMILES string of the molecule is Clc1ccc(-n2nccc2-c2ccc3ncn(-c4ccc(Cl)cc4)c3c2)cc1.FC(F)(F)c1ccc(-n2nccc2-c2ccc3ncn(-c4ccc(Cl)cc4)c3c2)cc1. The van der Waals surface area contributed by atoms with Crippen LogP contribution in [0.15, 0.2) is 171 Å². The first-order valence-corrected chi connectivity index (χ1v) is 19.2. The van der Waals surface area contributed by atoms with E-state index in [2.05, 4.69) is 36.9 Å². The molecule has 0 saturated carbocycles. The van der Waals surface area contributed by atoms with Gasteiger partial charge in [-0.05, 0) is 133 Å². The van der Waals surface area contributed by atoms with Gasteiger partial charge in [0.2, 0.25) is 0 Å². The van der Waals surface area contributed by atoms with E-state index >= 15 is 0 Å². The average Bonchev–Trinajstić information content (AvgIpc) is 4.08. The van der Waals surface area contributed by atoms with Gasteiger partial charge in [0, 0.05) is 37.6 Å². The molecule has 0 radical (unpaired) electrons. The Morgan fingerprint density at radius 1 is 0.424 bits per heavy atom. The van der Waals surface area contributed by atoms with Crippen LogP contribution in [0.3, 0.4) is 0 Å². The number of hydrogen-bond acceptors (Lipinski definition) is 4. The Morgan fingerprint density at radius 2 is 0.797 bits per heavy atom.